The second-order valence-corrected chi connectivity index (χ2v) is 5.76. The third-order valence-corrected chi connectivity index (χ3v) is 4.50. The molecule has 2 aliphatic rings. The molecule has 0 N–H and O–H groups in total. The Morgan fingerprint density at radius 1 is 1.15 bits per heavy atom. The predicted molar refractivity (Wildman–Crippen MR) is 74.1 cm³/mol. The summed E-state index contributed by atoms with van der Waals surface area (Å²) >= 11 is 0. The first-order valence-corrected chi connectivity index (χ1v) is 7.38. The molecule has 0 aromatic heterocycles. The molecule has 4 heteroatoms. The number of piperidine rings is 1. The predicted octanol–water partition coefficient (Wildman–Crippen LogP) is 3.00. The van der Waals surface area contributed by atoms with E-state index in [9.17, 15) is 9.18 Å². The van der Waals surface area contributed by atoms with Crippen LogP contribution in [0.2, 0.25) is 0 Å². The molecule has 1 amide bonds. The van der Waals surface area contributed by atoms with E-state index in [4.69, 9.17) is 4.74 Å². The van der Waals surface area contributed by atoms with Crippen molar-refractivity contribution in [2.24, 2.45) is 0 Å². The lowest BCUT2D eigenvalue weighted by atomic mass is 9.84. The van der Waals surface area contributed by atoms with Gasteiger partial charge in [0.15, 0.2) is 0 Å². The zero-order valence-electron chi connectivity index (χ0n) is 11.6. The van der Waals surface area contributed by atoms with Crippen LogP contribution in [-0.2, 0) is 4.74 Å². The molecule has 0 bridgehead atoms. The molecule has 1 aromatic rings. The van der Waals surface area contributed by atoms with E-state index >= 15 is 0 Å². The summed E-state index contributed by atoms with van der Waals surface area (Å²) in [6.07, 6.45) is 5.18. The molecule has 2 aliphatic heterocycles. The summed E-state index contributed by atoms with van der Waals surface area (Å²) in [6.45, 7) is 2.15. The highest BCUT2D eigenvalue weighted by atomic mass is 19.1. The number of nitrogens with zero attached hydrogens (tertiary/aromatic N) is 1. The number of carbonyl (C=O) groups excluding carboxylic acids is 1. The Balaban J connectivity index is 1.66. The summed E-state index contributed by atoms with van der Waals surface area (Å²) in [4.78, 5) is 14.1. The van der Waals surface area contributed by atoms with E-state index in [1.54, 1.807) is 23.1 Å². The van der Waals surface area contributed by atoms with Gasteiger partial charge < -0.3 is 9.64 Å². The van der Waals surface area contributed by atoms with E-state index < -0.39 is 5.82 Å². The Bertz CT molecular complexity index is 487. The van der Waals surface area contributed by atoms with E-state index in [-0.39, 0.29) is 17.1 Å². The Labute approximate surface area is 118 Å². The van der Waals surface area contributed by atoms with E-state index in [2.05, 4.69) is 0 Å². The first kappa shape index (κ1) is 13.6. The van der Waals surface area contributed by atoms with Gasteiger partial charge in [0.2, 0.25) is 0 Å². The van der Waals surface area contributed by atoms with Crippen molar-refractivity contribution < 1.29 is 13.9 Å². The van der Waals surface area contributed by atoms with Crippen LogP contribution in [0, 0.1) is 5.82 Å². The van der Waals surface area contributed by atoms with Crippen LogP contribution in [0.5, 0.6) is 0 Å². The molecule has 2 heterocycles. The summed E-state index contributed by atoms with van der Waals surface area (Å²) in [6, 6.07) is 6.20. The van der Waals surface area contributed by atoms with Gasteiger partial charge in [-0.2, -0.15) is 0 Å². The largest absolute Gasteiger partial charge is 0.375 e. The summed E-state index contributed by atoms with van der Waals surface area (Å²) in [5.41, 5.74) is 0.151. The van der Waals surface area contributed by atoms with Gasteiger partial charge in [-0.1, -0.05) is 12.1 Å². The van der Waals surface area contributed by atoms with Crippen LogP contribution in [0.4, 0.5) is 4.39 Å². The Kier molecular flexibility index (Phi) is 3.74. The molecule has 0 unspecified atom stereocenters. The van der Waals surface area contributed by atoms with Gasteiger partial charge in [-0.05, 0) is 44.2 Å². The van der Waals surface area contributed by atoms with Gasteiger partial charge in [-0.3, -0.25) is 4.79 Å². The van der Waals surface area contributed by atoms with E-state index in [1.807, 2.05) is 0 Å². The molecular weight excluding hydrogens is 257 g/mol. The lowest BCUT2D eigenvalue weighted by Gasteiger charge is -2.44. The first-order chi connectivity index (χ1) is 9.70. The van der Waals surface area contributed by atoms with E-state index in [0.717, 1.165) is 32.3 Å². The molecule has 2 fully saturated rings. The standard InChI is InChI=1S/C16H20FNO2/c17-14-6-2-1-5-13(14)15(19)18-10-8-16(9-11-18)7-3-4-12-20-16/h1-2,5-6H,3-4,7-12H2. The Morgan fingerprint density at radius 3 is 2.55 bits per heavy atom. The van der Waals surface area contributed by atoms with Crippen molar-refractivity contribution in [1.82, 2.24) is 4.90 Å². The summed E-state index contributed by atoms with van der Waals surface area (Å²) in [5.74, 6) is -0.638. The highest BCUT2D eigenvalue weighted by Gasteiger charge is 2.38. The minimum atomic E-state index is -0.438. The number of rotatable bonds is 1. The molecular formula is C16H20FNO2. The molecule has 0 atom stereocenters. The molecule has 0 radical (unpaired) electrons. The summed E-state index contributed by atoms with van der Waals surface area (Å²) < 4.78 is 19.6. The lowest BCUT2D eigenvalue weighted by molar-refractivity contribution is -0.107. The monoisotopic (exact) mass is 277 g/mol. The maximum atomic E-state index is 13.7. The second-order valence-electron chi connectivity index (χ2n) is 5.76. The van der Waals surface area contributed by atoms with Crippen LogP contribution in [0.25, 0.3) is 0 Å². The average Bonchev–Trinajstić information content (AvgIpc) is 2.49. The molecule has 0 aliphatic carbocycles. The van der Waals surface area contributed by atoms with Crippen molar-refractivity contribution in [3.05, 3.63) is 35.6 Å². The lowest BCUT2D eigenvalue weighted by Crippen LogP contribution is -2.49. The first-order valence-electron chi connectivity index (χ1n) is 7.38. The molecule has 3 nitrogen and oxygen atoms in total. The topological polar surface area (TPSA) is 29.5 Å². The van der Waals surface area contributed by atoms with Crippen LogP contribution in [0.15, 0.2) is 24.3 Å². The molecule has 1 spiro atoms. The molecule has 20 heavy (non-hydrogen) atoms. The van der Waals surface area contributed by atoms with E-state index in [0.29, 0.717) is 13.1 Å². The number of ether oxygens (including phenoxy) is 1. The zero-order valence-corrected chi connectivity index (χ0v) is 11.6. The van der Waals surface area contributed by atoms with Crippen molar-refractivity contribution in [3.63, 3.8) is 0 Å². The fourth-order valence-corrected chi connectivity index (χ4v) is 3.23. The van der Waals surface area contributed by atoms with Crippen LogP contribution in [0.3, 0.4) is 0 Å². The molecule has 1 aromatic carbocycles. The summed E-state index contributed by atoms with van der Waals surface area (Å²) in [5, 5.41) is 0. The number of amides is 1. The van der Waals surface area contributed by atoms with Crippen molar-refractivity contribution in [1.29, 1.82) is 0 Å². The Morgan fingerprint density at radius 2 is 1.90 bits per heavy atom. The number of benzene rings is 1. The fourth-order valence-electron chi connectivity index (χ4n) is 3.23. The van der Waals surface area contributed by atoms with Gasteiger partial charge in [-0.15, -0.1) is 0 Å². The second kappa shape index (κ2) is 5.52. The van der Waals surface area contributed by atoms with Gasteiger partial charge in [0.05, 0.1) is 11.2 Å². The third kappa shape index (κ3) is 2.57. The summed E-state index contributed by atoms with van der Waals surface area (Å²) in [7, 11) is 0. The minimum Gasteiger partial charge on any atom is -0.375 e. The SMILES string of the molecule is O=C(c1ccccc1F)N1CCC2(CCCCO2)CC1. The number of halogens is 1. The third-order valence-electron chi connectivity index (χ3n) is 4.50. The Hall–Kier alpha value is -1.42. The molecule has 2 saturated heterocycles. The van der Waals surface area contributed by atoms with Gasteiger partial charge >= 0.3 is 0 Å². The van der Waals surface area contributed by atoms with Crippen molar-refractivity contribution >= 4 is 5.91 Å². The van der Waals surface area contributed by atoms with Crippen molar-refractivity contribution in [2.45, 2.75) is 37.7 Å². The minimum absolute atomic E-state index is 0.0235. The smallest absolute Gasteiger partial charge is 0.256 e. The van der Waals surface area contributed by atoms with Gasteiger partial charge in [0.25, 0.3) is 5.91 Å². The average molecular weight is 277 g/mol. The number of carbonyl (C=O) groups is 1. The maximum absolute atomic E-state index is 13.7. The quantitative estimate of drug-likeness (QED) is 0.789. The zero-order chi connectivity index (χ0) is 14.0. The molecule has 108 valence electrons. The normalized spacial score (nSPS) is 21.9. The van der Waals surface area contributed by atoms with Crippen LogP contribution >= 0.6 is 0 Å². The van der Waals surface area contributed by atoms with Crippen LogP contribution in [0.1, 0.15) is 42.5 Å². The number of hydrogen-bond donors (Lipinski definition) is 0. The van der Waals surface area contributed by atoms with Gasteiger partial charge in [-0.25, -0.2) is 4.39 Å². The van der Waals surface area contributed by atoms with Gasteiger partial charge in [0, 0.05) is 19.7 Å². The fraction of sp³-hybridized carbons (Fsp3) is 0.562. The molecule has 3 rings (SSSR count). The highest BCUT2D eigenvalue weighted by Crippen LogP contribution is 2.35. The number of likely N-dealkylation sites (tertiary alicyclic amines) is 1. The molecule has 0 saturated carbocycles. The van der Waals surface area contributed by atoms with Crippen LogP contribution in [-0.4, -0.2) is 36.1 Å². The van der Waals surface area contributed by atoms with Crippen molar-refractivity contribution in [3.8, 4) is 0 Å². The van der Waals surface area contributed by atoms with Crippen LogP contribution < -0.4 is 0 Å². The van der Waals surface area contributed by atoms with Crippen molar-refractivity contribution in [2.75, 3.05) is 19.7 Å². The maximum Gasteiger partial charge on any atom is 0.256 e. The van der Waals surface area contributed by atoms with E-state index in [1.165, 1.54) is 12.5 Å². The van der Waals surface area contributed by atoms with Gasteiger partial charge in [0.1, 0.15) is 5.82 Å². The highest BCUT2D eigenvalue weighted by molar-refractivity contribution is 5.94. The number of hydrogen-bond acceptors (Lipinski definition) is 2.